The van der Waals surface area contributed by atoms with Crippen molar-refractivity contribution in [2.24, 2.45) is 0 Å². The number of aryl methyl sites for hydroxylation is 1. The molecule has 152 valence electrons. The first kappa shape index (κ1) is 20.3. The predicted molar refractivity (Wildman–Crippen MR) is 106 cm³/mol. The van der Waals surface area contributed by atoms with Gasteiger partial charge in [-0.25, -0.2) is 9.78 Å². The molecule has 0 fully saturated rings. The van der Waals surface area contributed by atoms with E-state index >= 15 is 0 Å². The Morgan fingerprint density at radius 3 is 2.66 bits per heavy atom. The van der Waals surface area contributed by atoms with Gasteiger partial charge in [0.05, 0.1) is 43.7 Å². The fourth-order valence-corrected chi connectivity index (χ4v) is 3.62. The molecular weight excluding hydrogens is 400 g/mol. The largest absolute Gasteiger partial charge is 0.496 e. The molecule has 3 aromatic rings. The van der Waals surface area contributed by atoms with Gasteiger partial charge in [0.2, 0.25) is 5.91 Å². The van der Waals surface area contributed by atoms with Crippen molar-refractivity contribution in [2.75, 3.05) is 19.5 Å². The summed E-state index contributed by atoms with van der Waals surface area (Å²) in [6, 6.07) is 3.24. The van der Waals surface area contributed by atoms with Crippen LogP contribution in [0.25, 0.3) is 11.0 Å². The number of methoxy groups -OCH3 is 2. The monoisotopic (exact) mass is 418 g/mol. The molecule has 2 heterocycles. The van der Waals surface area contributed by atoms with Crippen LogP contribution < -0.4 is 20.4 Å². The molecule has 0 aliphatic carbocycles. The van der Waals surface area contributed by atoms with Crippen molar-refractivity contribution >= 4 is 39.3 Å². The summed E-state index contributed by atoms with van der Waals surface area (Å²) in [5.74, 6) is -0.546. The van der Waals surface area contributed by atoms with Crippen LogP contribution >= 0.6 is 11.3 Å². The van der Waals surface area contributed by atoms with Gasteiger partial charge in [0.15, 0.2) is 5.13 Å². The normalized spacial score (nSPS) is 10.7. The van der Waals surface area contributed by atoms with Crippen LogP contribution in [0.15, 0.2) is 26.7 Å². The molecule has 0 unspecified atom stereocenters. The van der Waals surface area contributed by atoms with Crippen molar-refractivity contribution in [1.29, 1.82) is 0 Å². The first-order valence-corrected chi connectivity index (χ1v) is 9.34. The molecule has 9 nitrogen and oxygen atoms in total. The Labute approximate surface area is 168 Å². The third-order valence-electron chi connectivity index (χ3n) is 4.24. The summed E-state index contributed by atoms with van der Waals surface area (Å²) in [6.45, 7) is 1.71. The van der Waals surface area contributed by atoms with E-state index in [1.54, 1.807) is 24.4 Å². The molecule has 0 bridgehead atoms. The molecule has 2 N–H and O–H groups in total. The van der Waals surface area contributed by atoms with Crippen molar-refractivity contribution in [3.05, 3.63) is 44.8 Å². The highest BCUT2D eigenvalue weighted by Gasteiger charge is 2.19. The summed E-state index contributed by atoms with van der Waals surface area (Å²) in [7, 11) is 2.98. The quantitative estimate of drug-likeness (QED) is 0.560. The smallest absolute Gasteiger partial charge is 0.340 e. The number of hydrogen-bond acceptors (Lipinski definition) is 8. The third kappa shape index (κ3) is 4.37. The zero-order valence-electron chi connectivity index (χ0n) is 15.9. The minimum Gasteiger partial charge on any atom is -0.496 e. The number of aromatic nitrogens is 1. The Morgan fingerprint density at radius 1 is 1.24 bits per heavy atom. The average molecular weight is 418 g/mol. The zero-order valence-corrected chi connectivity index (χ0v) is 16.7. The minimum atomic E-state index is -1.01. The number of thiazole rings is 1. The lowest BCUT2D eigenvalue weighted by Crippen LogP contribution is -2.20. The van der Waals surface area contributed by atoms with Crippen LogP contribution in [0.4, 0.5) is 5.13 Å². The van der Waals surface area contributed by atoms with Crippen molar-refractivity contribution in [2.45, 2.75) is 19.8 Å². The first-order chi connectivity index (χ1) is 13.8. The van der Waals surface area contributed by atoms with Gasteiger partial charge in [0.25, 0.3) is 0 Å². The number of ether oxygens (including phenoxy) is 2. The second-order valence-corrected chi connectivity index (χ2v) is 6.99. The highest BCUT2D eigenvalue weighted by Crippen LogP contribution is 2.33. The van der Waals surface area contributed by atoms with Gasteiger partial charge in [0.1, 0.15) is 17.1 Å². The summed E-state index contributed by atoms with van der Waals surface area (Å²) >= 11 is 1.11. The molecule has 0 atom stereocenters. The fourth-order valence-electron chi connectivity index (χ4n) is 2.89. The molecule has 0 saturated heterocycles. The highest BCUT2D eigenvalue weighted by atomic mass is 32.1. The molecule has 0 spiro atoms. The second kappa shape index (κ2) is 8.31. The number of carboxylic acid groups (broad SMARTS) is 1. The van der Waals surface area contributed by atoms with E-state index in [1.165, 1.54) is 14.2 Å². The maximum atomic E-state index is 12.5. The van der Waals surface area contributed by atoms with E-state index in [1.807, 2.05) is 0 Å². The van der Waals surface area contributed by atoms with E-state index in [0.717, 1.165) is 11.3 Å². The highest BCUT2D eigenvalue weighted by molar-refractivity contribution is 7.13. The van der Waals surface area contributed by atoms with Crippen molar-refractivity contribution in [3.63, 3.8) is 0 Å². The van der Waals surface area contributed by atoms with Crippen molar-refractivity contribution in [3.8, 4) is 11.5 Å². The number of carbonyl (C=O) groups is 2. The van der Waals surface area contributed by atoms with Crippen molar-refractivity contribution in [1.82, 2.24) is 4.98 Å². The van der Waals surface area contributed by atoms with Crippen LogP contribution in [-0.2, 0) is 22.4 Å². The predicted octanol–water partition coefficient (Wildman–Crippen LogP) is 2.38. The van der Waals surface area contributed by atoms with Gasteiger partial charge >= 0.3 is 11.6 Å². The third-order valence-corrected chi connectivity index (χ3v) is 5.05. The number of nitrogens with zero attached hydrogens (tertiary/aromatic N) is 1. The summed E-state index contributed by atoms with van der Waals surface area (Å²) in [6.07, 6.45) is -0.462. The average Bonchev–Trinajstić information content (AvgIpc) is 3.09. The molecule has 0 aliphatic rings. The molecule has 1 aromatic carbocycles. The first-order valence-electron chi connectivity index (χ1n) is 8.46. The van der Waals surface area contributed by atoms with Crippen LogP contribution in [0, 0.1) is 6.92 Å². The number of fused-ring (bicyclic) bond motifs is 1. The molecule has 3 rings (SSSR count). The summed E-state index contributed by atoms with van der Waals surface area (Å²) in [5.41, 5.74) is 0.771. The van der Waals surface area contributed by atoms with Crippen LogP contribution in [-0.4, -0.2) is 36.2 Å². The lowest BCUT2D eigenvalue weighted by Gasteiger charge is -2.12. The number of amides is 1. The number of carbonyl (C=O) groups excluding carboxylic acids is 1. The van der Waals surface area contributed by atoms with E-state index in [9.17, 15) is 14.4 Å². The second-order valence-electron chi connectivity index (χ2n) is 6.14. The molecule has 0 radical (unpaired) electrons. The molecule has 29 heavy (non-hydrogen) atoms. The number of anilines is 1. The molecule has 1 amide bonds. The van der Waals surface area contributed by atoms with Crippen LogP contribution in [0.3, 0.4) is 0 Å². The Hall–Kier alpha value is -3.40. The number of benzene rings is 1. The topological polar surface area (TPSA) is 128 Å². The number of aliphatic carboxylic acids is 1. The van der Waals surface area contributed by atoms with Gasteiger partial charge in [-0.3, -0.25) is 9.59 Å². The molecular formula is C19H18N2O7S. The van der Waals surface area contributed by atoms with Gasteiger partial charge in [-0.2, -0.15) is 0 Å². The Kier molecular flexibility index (Phi) is 5.83. The van der Waals surface area contributed by atoms with Gasteiger partial charge in [-0.1, -0.05) is 0 Å². The van der Waals surface area contributed by atoms with Gasteiger partial charge in [0, 0.05) is 17.5 Å². The van der Waals surface area contributed by atoms with E-state index in [4.69, 9.17) is 19.0 Å². The Balaban J connectivity index is 1.89. The number of nitrogens with one attached hydrogen (secondary N) is 1. The van der Waals surface area contributed by atoms with E-state index < -0.39 is 17.5 Å². The molecule has 0 aliphatic heterocycles. The number of carboxylic acids is 1. The maximum absolute atomic E-state index is 12.5. The summed E-state index contributed by atoms with van der Waals surface area (Å²) in [4.78, 5) is 39.6. The summed E-state index contributed by atoms with van der Waals surface area (Å²) in [5, 5.41) is 13.8. The molecule has 10 heteroatoms. The van der Waals surface area contributed by atoms with Crippen LogP contribution in [0.2, 0.25) is 0 Å². The lowest BCUT2D eigenvalue weighted by molar-refractivity contribution is -0.136. The minimum absolute atomic E-state index is 0.195. The van der Waals surface area contributed by atoms with E-state index in [2.05, 4.69) is 10.3 Å². The van der Waals surface area contributed by atoms with Crippen LogP contribution in [0.5, 0.6) is 11.5 Å². The zero-order chi connectivity index (χ0) is 21.1. The maximum Gasteiger partial charge on any atom is 0.340 e. The van der Waals surface area contributed by atoms with Gasteiger partial charge in [-0.05, 0) is 12.5 Å². The van der Waals surface area contributed by atoms with Gasteiger partial charge < -0.3 is 24.3 Å². The SMILES string of the molecule is COc1cc(OC)c2c(C)c(CC(=O)Nc3nc(CC(=O)O)cs3)c(=O)oc2c1. The molecule has 0 saturated carbocycles. The number of rotatable bonds is 7. The summed E-state index contributed by atoms with van der Waals surface area (Å²) < 4.78 is 15.9. The fraction of sp³-hybridized carbons (Fsp3) is 0.263. The lowest BCUT2D eigenvalue weighted by atomic mass is 10.0. The van der Waals surface area contributed by atoms with E-state index in [-0.39, 0.29) is 23.5 Å². The van der Waals surface area contributed by atoms with E-state index in [0.29, 0.717) is 33.7 Å². The van der Waals surface area contributed by atoms with Crippen LogP contribution in [0.1, 0.15) is 16.8 Å². The molecule has 2 aromatic heterocycles. The Bertz CT molecular complexity index is 1150. The van der Waals surface area contributed by atoms with Gasteiger partial charge in [-0.15, -0.1) is 11.3 Å². The standard InChI is InChI=1S/C19H18N2O7S/c1-9-12(7-15(22)21-19-20-10(8-29-19)4-16(23)24)18(25)28-14-6-11(26-2)5-13(27-3)17(9)14/h5-6,8H,4,7H2,1-3H3,(H,23,24)(H,20,21,22). The number of hydrogen-bond donors (Lipinski definition) is 2. The Morgan fingerprint density at radius 2 is 2.00 bits per heavy atom. The van der Waals surface area contributed by atoms with Crippen molar-refractivity contribution < 1.29 is 28.6 Å².